The molecule has 0 fully saturated rings. The zero-order valence-electron chi connectivity index (χ0n) is 9.49. The van der Waals surface area contributed by atoms with E-state index < -0.39 is 0 Å². The van der Waals surface area contributed by atoms with Crippen LogP contribution >= 0.6 is 0 Å². The maximum absolute atomic E-state index is 11.1. The molecule has 16 heavy (non-hydrogen) atoms. The van der Waals surface area contributed by atoms with Gasteiger partial charge in [0.2, 0.25) is 17.7 Å². The normalized spacial score (nSPS) is 9.62. The molecule has 2 N–H and O–H groups in total. The summed E-state index contributed by atoms with van der Waals surface area (Å²) in [5.74, 6) is 0.969. The fraction of sp³-hybridized carbons (Fsp3) is 0.500. The van der Waals surface area contributed by atoms with Crippen molar-refractivity contribution in [2.75, 3.05) is 25.5 Å². The standard InChI is InChI=1S/C10H16N4O2/c1-3-11-8(15)4-6-12-10-13-7-5-9(14-10)16-2/h5,7H,3-4,6H2,1-2H3,(H,11,15)(H,12,13,14). The van der Waals surface area contributed by atoms with Crippen LogP contribution in [0.2, 0.25) is 0 Å². The monoisotopic (exact) mass is 224 g/mol. The molecule has 0 radical (unpaired) electrons. The van der Waals surface area contributed by atoms with Gasteiger partial charge in [0.25, 0.3) is 0 Å². The van der Waals surface area contributed by atoms with Crippen LogP contribution in [0.4, 0.5) is 5.95 Å². The highest BCUT2D eigenvalue weighted by Gasteiger charge is 2.01. The van der Waals surface area contributed by atoms with Gasteiger partial charge in [-0.3, -0.25) is 4.79 Å². The molecule has 0 atom stereocenters. The number of rotatable bonds is 6. The van der Waals surface area contributed by atoms with Crippen molar-refractivity contribution in [1.82, 2.24) is 15.3 Å². The van der Waals surface area contributed by atoms with Gasteiger partial charge in [-0.25, -0.2) is 4.98 Å². The summed E-state index contributed by atoms with van der Waals surface area (Å²) in [5, 5.41) is 5.66. The van der Waals surface area contributed by atoms with Gasteiger partial charge in [-0.2, -0.15) is 4.98 Å². The molecular weight excluding hydrogens is 208 g/mol. The maximum atomic E-state index is 11.1. The van der Waals surface area contributed by atoms with Crippen LogP contribution < -0.4 is 15.4 Å². The molecule has 0 aliphatic heterocycles. The molecule has 0 saturated heterocycles. The number of hydrogen-bond donors (Lipinski definition) is 2. The Morgan fingerprint density at radius 1 is 1.56 bits per heavy atom. The van der Waals surface area contributed by atoms with E-state index in [2.05, 4.69) is 20.6 Å². The van der Waals surface area contributed by atoms with Crippen molar-refractivity contribution >= 4 is 11.9 Å². The highest BCUT2D eigenvalue weighted by atomic mass is 16.5. The van der Waals surface area contributed by atoms with Crippen molar-refractivity contribution in [2.45, 2.75) is 13.3 Å². The molecule has 1 amide bonds. The van der Waals surface area contributed by atoms with Gasteiger partial charge in [0.05, 0.1) is 7.11 Å². The largest absolute Gasteiger partial charge is 0.481 e. The van der Waals surface area contributed by atoms with Crippen LogP contribution in [-0.4, -0.2) is 36.1 Å². The van der Waals surface area contributed by atoms with Crippen molar-refractivity contribution < 1.29 is 9.53 Å². The molecule has 1 aromatic heterocycles. The lowest BCUT2D eigenvalue weighted by atomic mass is 10.4. The van der Waals surface area contributed by atoms with Crippen LogP contribution in [0.25, 0.3) is 0 Å². The van der Waals surface area contributed by atoms with Gasteiger partial charge in [-0.15, -0.1) is 0 Å². The predicted octanol–water partition coefficient (Wildman–Crippen LogP) is 0.423. The van der Waals surface area contributed by atoms with Gasteiger partial charge in [0, 0.05) is 31.8 Å². The number of hydrogen-bond acceptors (Lipinski definition) is 5. The molecule has 0 aliphatic carbocycles. The topological polar surface area (TPSA) is 76.1 Å². The molecular formula is C10H16N4O2. The zero-order chi connectivity index (χ0) is 11.8. The second-order valence-electron chi connectivity index (χ2n) is 3.05. The van der Waals surface area contributed by atoms with Gasteiger partial charge in [0.1, 0.15) is 0 Å². The highest BCUT2D eigenvalue weighted by molar-refractivity contribution is 5.76. The smallest absolute Gasteiger partial charge is 0.225 e. The predicted molar refractivity (Wildman–Crippen MR) is 60.4 cm³/mol. The molecule has 0 aromatic carbocycles. The van der Waals surface area contributed by atoms with Gasteiger partial charge < -0.3 is 15.4 Å². The third kappa shape index (κ3) is 4.12. The van der Waals surface area contributed by atoms with Crippen LogP contribution in [0.1, 0.15) is 13.3 Å². The number of carbonyl (C=O) groups excluding carboxylic acids is 1. The van der Waals surface area contributed by atoms with Gasteiger partial charge in [-0.1, -0.05) is 0 Å². The number of aromatic nitrogens is 2. The molecule has 6 heteroatoms. The number of nitrogens with one attached hydrogen (secondary N) is 2. The Morgan fingerprint density at radius 3 is 3.06 bits per heavy atom. The summed E-state index contributed by atoms with van der Waals surface area (Å²) >= 11 is 0. The van der Waals surface area contributed by atoms with Gasteiger partial charge in [0.15, 0.2) is 0 Å². The minimum Gasteiger partial charge on any atom is -0.481 e. The van der Waals surface area contributed by atoms with Crippen LogP contribution in [0, 0.1) is 0 Å². The van der Waals surface area contributed by atoms with E-state index in [0.717, 1.165) is 0 Å². The number of methoxy groups -OCH3 is 1. The lowest BCUT2D eigenvalue weighted by Gasteiger charge is -2.05. The third-order valence-electron chi connectivity index (χ3n) is 1.85. The molecule has 0 unspecified atom stereocenters. The minimum absolute atomic E-state index is 0.0119. The first-order chi connectivity index (χ1) is 7.76. The zero-order valence-corrected chi connectivity index (χ0v) is 9.49. The summed E-state index contributed by atoms with van der Waals surface area (Å²) in [4.78, 5) is 19.2. The number of amides is 1. The number of nitrogens with zero attached hydrogens (tertiary/aromatic N) is 2. The van der Waals surface area contributed by atoms with E-state index in [1.54, 1.807) is 19.4 Å². The summed E-state index contributed by atoms with van der Waals surface area (Å²) in [6.45, 7) is 3.03. The van der Waals surface area contributed by atoms with E-state index >= 15 is 0 Å². The number of carbonyl (C=O) groups is 1. The van der Waals surface area contributed by atoms with E-state index in [9.17, 15) is 4.79 Å². The lowest BCUT2D eigenvalue weighted by Crippen LogP contribution is -2.25. The Bertz CT molecular complexity index is 343. The summed E-state index contributed by atoms with van der Waals surface area (Å²) < 4.78 is 4.95. The van der Waals surface area contributed by atoms with E-state index in [0.29, 0.717) is 31.3 Å². The average molecular weight is 224 g/mol. The van der Waals surface area contributed by atoms with Crippen molar-refractivity contribution in [2.24, 2.45) is 0 Å². The molecule has 1 aromatic rings. The van der Waals surface area contributed by atoms with Crippen LogP contribution in [0.15, 0.2) is 12.3 Å². The SMILES string of the molecule is CCNC(=O)CCNc1nccc(OC)n1. The first-order valence-electron chi connectivity index (χ1n) is 5.14. The first-order valence-corrected chi connectivity index (χ1v) is 5.14. The Labute approximate surface area is 94.4 Å². The summed E-state index contributed by atoms with van der Waals surface area (Å²) in [5.41, 5.74) is 0. The van der Waals surface area contributed by atoms with Crippen LogP contribution in [-0.2, 0) is 4.79 Å². The Kier molecular flexibility index (Phi) is 5.04. The first kappa shape index (κ1) is 12.2. The Balaban J connectivity index is 2.34. The minimum atomic E-state index is 0.0119. The summed E-state index contributed by atoms with van der Waals surface area (Å²) in [6, 6.07) is 1.66. The molecule has 0 aliphatic rings. The van der Waals surface area contributed by atoms with Crippen molar-refractivity contribution in [1.29, 1.82) is 0 Å². The van der Waals surface area contributed by atoms with E-state index in [1.807, 2.05) is 6.92 Å². The number of anilines is 1. The van der Waals surface area contributed by atoms with Crippen molar-refractivity contribution in [3.63, 3.8) is 0 Å². The second kappa shape index (κ2) is 6.60. The highest BCUT2D eigenvalue weighted by Crippen LogP contribution is 2.06. The molecule has 6 nitrogen and oxygen atoms in total. The third-order valence-corrected chi connectivity index (χ3v) is 1.85. The van der Waals surface area contributed by atoms with E-state index in [-0.39, 0.29) is 5.91 Å². The van der Waals surface area contributed by atoms with Crippen molar-refractivity contribution in [3.8, 4) is 5.88 Å². The molecule has 1 heterocycles. The lowest BCUT2D eigenvalue weighted by molar-refractivity contribution is -0.120. The fourth-order valence-electron chi connectivity index (χ4n) is 1.11. The molecule has 88 valence electrons. The molecule has 0 bridgehead atoms. The van der Waals surface area contributed by atoms with Crippen molar-refractivity contribution in [3.05, 3.63) is 12.3 Å². The Morgan fingerprint density at radius 2 is 2.38 bits per heavy atom. The second-order valence-corrected chi connectivity index (χ2v) is 3.05. The number of ether oxygens (including phenoxy) is 1. The summed E-state index contributed by atoms with van der Waals surface area (Å²) in [7, 11) is 1.54. The van der Waals surface area contributed by atoms with Crippen LogP contribution in [0.5, 0.6) is 5.88 Å². The molecule has 1 rings (SSSR count). The van der Waals surface area contributed by atoms with Gasteiger partial charge in [-0.05, 0) is 6.92 Å². The quantitative estimate of drug-likeness (QED) is 0.732. The summed E-state index contributed by atoms with van der Waals surface area (Å²) in [6.07, 6.45) is 1.99. The fourth-order valence-corrected chi connectivity index (χ4v) is 1.11. The van der Waals surface area contributed by atoms with E-state index in [4.69, 9.17) is 4.74 Å². The average Bonchev–Trinajstić information content (AvgIpc) is 2.30. The Hall–Kier alpha value is -1.85. The van der Waals surface area contributed by atoms with Gasteiger partial charge >= 0.3 is 0 Å². The van der Waals surface area contributed by atoms with Crippen LogP contribution in [0.3, 0.4) is 0 Å². The molecule has 0 spiro atoms. The maximum Gasteiger partial charge on any atom is 0.225 e. The molecule has 0 saturated carbocycles. The van der Waals surface area contributed by atoms with E-state index in [1.165, 1.54) is 0 Å².